The zero-order valence-corrected chi connectivity index (χ0v) is 14.7. The molecule has 0 spiro atoms. The lowest BCUT2D eigenvalue weighted by Crippen LogP contribution is -2.30. The predicted molar refractivity (Wildman–Crippen MR) is 98.1 cm³/mol. The number of nitrogens with one attached hydrogen (secondary N) is 1. The van der Waals surface area contributed by atoms with Crippen molar-refractivity contribution in [2.24, 2.45) is 5.92 Å². The first kappa shape index (κ1) is 17.9. The number of hydrogen-bond donors (Lipinski definition) is 1. The van der Waals surface area contributed by atoms with Gasteiger partial charge in [-0.1, -0.05) is 36.7 Å². The summed E-state index contributed by atoms with van der Waals surface area (Å²) in [5.74, 6) is -1.12. The monoisotopic (exact) mass is 373 g/mol. The molecule has 2 aromatic rings. The van der Waals surface area contributed by atoms with Gasteiger partial charge in [0.15, 0.2) is 0 Å². The number of rotatable bonds is 5. The van der Waals surface area contributed by atoms with E-state index in [0.717, 1.165) is 10.5 Å². The lowest BCUT2D eigenvalue weighted by atomic mass is 10.1. The Morgan fingerprint density at radius 1 is 1.27 bits per heavy atom. The summed E-state index contributed by atoms with van der Waals surface area (Å²) >= 11 is 6.09. The molecule has 0 aliphatic carbocycles. The van der Waals surface area contributed by atoms with Crippen LogP contribution in [-0.4, -0.2) is 16.7 Å². The van der Waals surface area contributed by atoms with Gasteiger partial charge in [0, 0.05) is 30.0 Å². The maximum Gasteiger partial charge on any atom is 0.294 e. The minimum Gasteiger partial charge on any atom is -0.375 e. The van der Waals surface area contributed by atoms with Crippen molar-refractivity contribution < 1.29 is 14.5 Å². The molecule has 2 aromatic carbocycles. The topological polar surface area (TPSA) is 92.6 Å². The van der Waals surface area contributed by atoms with E-state index in [9.17, 15) is 19.7 Å². The second-order valence-electron chi connectivity index (χ2n) is 6.08. The Kier molecular flexibility index (Phi) is 4.90. The van der Waals surface area contributed by atoms with Gasteiger partial charge >= 0.3 is 0 Å². The summed E-state index contributed by atoms with van der Waals surface area (Å²) in [7, 11) is 0. The molecule has 8 heteroatoms. The van der Waals surface area contributed by atoms with Crippen molar-refractivity contribution in [1.29, 1.82) is 0 Å². The van der Waals surface area contributed by atoms with Crippen molar-refractivity contribution in [1.82, 2.24) is 0 Å². The third kappa shape index (κ3) is 3.39. The van der Waals surface area contributed by atoms with E-state index in [4.69, 9.17) is 11.6 Å². The predicted octanol–water partition coefficient (Wildman–Crippen LogP) is 3.76. The van der Waals surface area contributed by atoms with Gasteiger partial charge in [-0.25, -0.2) is 0 Å². The second-order valence-corrected chi connectivity index (χ2v) is 6.48. The molecule has 1 N–H and O–H groups in total. The van der Waals surface area contributed by atoms with Crippen LogP contribution in [0.4, 0.5) is 17.1 Å². The zero-order chi connectivity index (χ0) is 18.8. The highest BCUT2D eigenvalue weighted by atomic mass is 35.5. The van der Waals surface area contributed by atoms with Gasteiger partial charge in [-0.2, -0.15) is 0 Å². The van der Waals surface area contributed by atoms with Crippen molar-refractivity contribution in [3.05, 3.63) is 63.2 Å². The molecule has 0 saturated carbocycles. The van der Waals surface area contributed by atoms with Crippen LogP contribution in [0.5, 0.6) is 0 Å². The minimum atomic E-state index is -0.549. The van der Waals surface area contributed by atoms with Crippen molar-refractivity contribution in [3.63, 3.8) is 0 Å². The molecule has 0 radical (unpaired) electrons. The highest BCUT2D eigenvalue weighted by Gasteiger charge is 2.37. The van der Waals surface area contributed by atoms with Crippen LogP contribution in [0.3, 0.4) is 0 Å². The van der Waals surface area contributed by atoms with Crippen LogP contribution < -0.4 is 10.2 Å². The first-order valence-electron chi connectivity index (χ1n) is 8.01. The zero-order valence-electron chi connectivity index (χ0n) is 13.9. The van der Waals surface area contributed by atoms with E-state index < -0.39 is 10.8 Å². The molecule has 1 heterocycles. The normalized spacial score (nSPS) is 16.8. The summed E-state index contributed by atoms with van der Waals surface area (Å²) in [6.45, 7) is 1.96. The summed E-state index contributed by atoms with van der Waals surface area (Å²) in [5.41, 5.74) is 1.08. The molecule has 26 heavy (non-hydrogen) atoms. The summed E-state index contributed by atoms with van der Waals surface area (Å²) in [5, 5.41) is 15.0. The third-order valence-electron chi connectivity index (χ3n) is 4.24. The van der Waals surface area contributed by atoms with Gasteiger partial charge in [0.05, 0.1) is 10.6 Å². The van der Waals surface area contributed by atoms with E-state index in [2.05, 4.69) is 5.32 Å². The largest absolute Gasteiger partial charge is 0.375 e. The number of nitro groups is 1. The van der Waals surface area contributed by atoms with Crippen LogP contribution in [0.1, 0.15) is 18.9 Å². The third-order valence-corrected chi connectivity index (χ3v) is 4.60. The minimum absolute atomic E-state index is 0.110. The molecule has 0 aromatic heterocycles. The number of hydrogen-bond acceptors (Lipinski definition) is 5. The second kappa shape index (κ2) is 7.13. The standard InChI is InChI=1S/C18H16ClN3O4/c1-11-8-17(23)21(18(11)24)13-6-7-15(16(9-13)22(25)26)20-10-12-4-2-3-5-14(12)19/h2-7,9,11,20H,8,10H2,1H3/t11-/m0/s1. The van der Waals surface area contributed by atoms with Crippen molar-refractivity contribution in [3.8, 4) is 0 Å². The number of nitrogens with zero attached hydrogens (tertiary/aromatic N) is 2. The molecule has 0 unspecified atom stereocenters. The molecular formula is C18H16ClN3O4. The van der Waals surface area contributed by atoms with E-state index in [1.807, 2.05) is 12.1 Å². The van der Waals surface area contributed by atoms with Gasteiger partial charge in [-0.3, -0.25) is 24.6 Å². The molecule has 1 saturated heterocycles. The van der Waals surface area contributed by atoms with Crippen LogP contribution in [0.25, 0.3) is 0 Å². The number of anilines is 2. The van der Waals surface area contributed by atoms with Crippen LogP contribution in [-0.2, 0) is 16.1 Å². The lowest BCUT2D eigenvalue weighted by molar-refractivity contribution is -0.383. The van der Waals surface area contributed by atoms with Gasteiger partial charge in [0.25, 0.3) is 5.69 Å². The number of amides is 2. The smallest absolute Gasteiger partial charge is 0.294 e. The van der Waals surface area contributed by atoms with Crippen LogP contribution >= 0.6 is 11.6 Å². The lowest BCUT2D eigenvalue weighted by Gasteiger charge is -2.16. The molecular weight excluding hydrogens is 358 g/mol. The van der Waals surface area contributed by atoms with E-state index in [0.29, 0.717) is 11.6 Å². The quantitative estimate of drug-likeness (QED) is 0.489. The van der Waals surface area contributed by atoms with Crippen LogP contribution in [0.15, 0.2) is 42.5 Å². The molecule has 0 bridgehead atoms. The van der Waals surface area contributed by atoms with Crippen LogP contribution in [0.2, 0.25) is 5.02 Å². The molecule has 3 rings (SSSR count). The first-order chi connectivity index (χ1) is 12.4. The van der Waals surface area contributed by atoms with Crippen molar-refractivity contribution in [2.45, 2.75) is 19.9 Å². The Morgan fingerprint density at radius 2 is 2.00 bits per heavy atom. The van der Waals surface area contributed by atoms with Gasteiger partial charge in [-0.05, 0) is 23.8 Å². The Labute approximate surface area is 154 Å². The van der Waals surface area contributed by atoms with E-state index in [1.54, 1.807) is 19.1 Å². The number of imide groups is 1. The van der Waals surface area contributed by atoms with E-state index in [-0.39, 0.29) is 35.3 Å². The summed E-state index contributed by atoms with van der Waals surface area (Å²) in [4.78, 5) is 36.1. The molecule has 2 amide bonds. The van der Waals surface area contributed by atoms with E-state index in [1.165, 1.54) is 18.2 Å². The Hall–Kier alpha value is -2.93. The molecule has 1 aliphatic heterocycles. The van der Waals surface area contributed by atoms with Gasteiger partial charge < -0.3 is 5.32 Å². The highest BCUT2D eigenvalue weighted by Crippen LogP contribution is 2.33. The van der Waals surface area contributed by atoms with E-state index >= 15 is 0 Å². The summed E-state index contributed by atoms with van der Waals surface area (Å²) in [6, 6.07) is 11.4. The van der Waals surface area contributed by atoms with Gasteiger partial charge in [0.2, 0.25) is 11.8 Å². The Bertz CT molecular complexity index is 900. The van der Waals surface area contributed by atoms with Gasteiger partial charge in [0.1, 0.15) is 5.69 Å². The van der Waals surface area contributed by atoms with Crippen molar-refractivity contribution >= 4 is 40.5 Å². The first-order valence-corrected chi connectivity index (χ1v) is 8.39. The van der Waals surface area contributed by atoms with Gasteiger partial charge in [-0.15, -0.1) is 0 Å². The molecule has 1 atom stereocenters. The fourth-order valence-electron chi connectivity index (χ4n) is 2.85. The number of halogens is 1. The number of carbonyl (C=O) groups excluding carboxylic acids is 2. The molecule has 1 aliphatic rings. The molecule has 1 fully saturated rings. The number of benzene rings is 2. The summed E-state index contributed by atoms with van der Waals surface area (Å²) < 4.78 is 0. The fourth-order valence-corrected chi connectivity index (χ4v) is 3.05. The summed E-state index contributed by atoms with van der Waals surface area (Å²) in [6.07, 6.45) is 0.110. The maximum atomic E-state index is 12.1. The average Bonchev–Trinajstić information content (AvgIpc) is 2.86. The number of nitro benzene ring substituents is 1. The van der Waals surface area contributed by atoms with Crippen LogP contribution in [0, 0.1) is 16.0 Å². The molecule has 134 valence electrons. The fraction of sp³-hybridized carbons (Fsp3) is 0.222. The maximum absolute atomic E-state index is 12.1. The average molecular weight is 374 g/mol. The SMILES string of the molecule is C[C@H]1CC(=O)N(c2ccc(NCc3ccccc3Cl)c([N+](=O)[O-])c2)C1=O. The Morgan fingerprint density at radius 3 is 2.62 bits per heavy atom. The highest BCUT2D eigenvalue weighted by molar-refractivity contribution is 6.31. The number of carbonyl (C=O) groups is 2. The van der Waals surface area contributed by atoms with Crippen molar-refractivity contribution in [2.75, 3.05) is 10.2 Å². The molecule has 7 nitrogen and oxygen atoms in total. The Balaban J connectivity index is 1.88.